The molecular weight excluding hydrogens is 222 g/mol. The SMILES string of the molecule is [CH2]c1cccc2c1ccn2-c1ccccc1OC. The van der Waals surface area contributed by atoms with Crippen molar-refractivity contribution >= 4 is 10.9 Å². The molecule has 1 aromatic heterocycles. The van der Waals surface area contributed by atoms with Gasteiger partial charge in [-0.1, -0.05) is 24.3 Å². The predicted molar refractivity (Wildman–Crippen MR) is 74.3 cm³/mol. The fraction of sp³-hybridized carbons (Fsp3) is 0.0625. The number of hydrogen-bond acceptors (Lipinski definition) is 1. The monoisotopic (exact) mass is 236 g/mol. The molecule has 18 heavy (non-hydrogen) atoms. The molecule has 1 radical (unpaired) electrons. The van der Waals surface area contributed by atoms with Crippen molar-refractivity contribution in [3.63, 3.8) is 0 Å². The molecule has 3 aromatic rings. The van der Waals surface area contributed by atoms with Crippen LogP contribution in [0, 0.1) is 6.92 Å². The Morgan fingerprint density at radius 2 is 1.83 bits per heavy atom. The van der Waals surface area contributed by atoms with Crippen LogP contribution in [0.4, 0.5) is 0 Å². The number of para-hydroxylation sites is 2. The molecule has 0 atom stereocenters. The highest BCUT2D eigenvalue weighted by Gasteiger charge is 2.08. The van der Waals surface area contributed by atoms with Gasteiger partial charge in [-0.3, -0.25) is 0 Å². The van der Waals surface area contributed by atoms with E-state index in [-0.39, 0.29) is 0 Å². The zero-order valence-electron chi connectivity index (χ0n) is 10.3. The largest absolute Gasteiger partial charge is 0.495 e. The van der Waals surface area contributed by atoms with Crippen LogP contribution in [0.3, 0.4) is 0 Å². The third-order valence-corrected chi connectivity index (χ3v) is 3.17. The van der Waals surface area contributed by atoms with Gasteiger partial charge >= 0.3 is 0 Å². The fourth-order valence-corrected chi connectivity index (χ4v) is 2.27. The third-order valence-electron chi connectivity index (χ3n) is 3.17. The predicted octanol–water partition coefficient (Wildman–Crippen LogP) is 3.82. The van der Waals surface area contributed by atoms with Crippen LogP contribution in [-0.4, -0.2) is 11.7 Å². The molecule has 0 saturated carbocycles. The van der Waals surface area contributed by atoms with Crippen LogP contribution in [0.15, 0.2) is 54.7 Å². The van der Waals surface area contributed by atoms with Gasteiger partial charge in [-0.2, -0.15) is 0 Å². The Morgan fingerprint density at radius 3 is 2.67 bits per heavy atom. The number of nitrogens with zero attached hydrogens (tertiary/aromatic N) is 1. The van der Waals surface area contributed by atoms with Crippen LogP contribution in [0.5, 0.6) is 5.75 Å². The Hall–Kier alpha value is -2.22. The quantitative estimate of drug-likeness (QED) is 0.659. The third kappa shape index (κ3) is 1.58. The summed E-state index contributed by atoms with van der Waals surface area (Å²) in [7, 11) is 1.69. The molecule has 0 saturated heterocycles. The van der Waals surface area contributed by atoms with E-state index in [9.17, 15) is 0 Å². The second kappa shape index (κ2) is 4.22. The van der Waals surface area contributed by atoms with E-state index < -0.39 is 0 Å². The Kier molecular flexibility index (Phi) is 2.56. The standard InChI is InChI=1S/C16H14NO/c1-12-6-5-8-14-13(12)10-11-17(14)15-7-3-4-9-16(15)18-2/h3-11H,1H2,2H3. The van der Waals surface area contributed by atoms with Gasteiger partial charge in [0, 0.05) is 11.6 Å². The zero-order chi connectivity index (χ0) is 12.5. The molecule has 0 bridgehead atoms. The molecule has 0 aliphatic heterocycles. The maximum Gasteiger partial charge on any atom is 0.142 e. The highest BCUT2D eigenvalue weighted by atomic mass is 16.5. The lowest BCUT2D eigenvalue weighted by Gasteiger charge is -2.10. The first kappa shape index (κ1) is 10.9. The van der Waals surface area contributed by atoms with Crippen molar-refractivity contribution < 1.29 is 4.74 Å². The summed E-state index contributed by atoms with van der Waals surface area (Å²) in [6.45, 7) is 4.05. The van der Waals surface area contributed by atoms with Crippen LogP contribution >= 0.6 is 0 Å². The second-order valence-corrected chi connectivity index (χ2v) is 4.21. The number of fused-ring (bicyclic) bond motifs is 1. The van der Waals surface area contributed by atoms with Gasteiger partial charge in [-0.25, -0.2) is 0 Å². The molecule has 0 amide bonds. The molecule has 0 N–H and O–H groups in total. The van der Waals surface area contributed by atoms with Crippen molar-refractivity contribution in [2.24, 2.45) is 0 Å². The number of ether oxygens (including phenoxy) is 1. The lowest BCUT2D eigenvalue weighted by atomic mass is 10.1. The molecular formula is C16H14NO. The summed E-state index contributed by atoms with van der Waals surface area (Å²) in [5, 5.41) is 1.17. The van der Waals surface area contributed by atoms with E-state index in [1.165, 1.54) is 5.39 Å². The molecule has 0 fully saturated rings. The number of benzene rings is 2. The highest BCUT2D eigenvalue weighted by molar-refractivity contribution is 5.86. The summed E-state index contributed by atoms with van der Waals surface area (Å²) in [5.74, 6) is 0.865. The van der Waals surface area contributed by atoms with Gasteiger partial charge in [-0.15, -0.1) is 0 Å². The van der Waals surface area contributed by atoms with Crippen LogP contribution in [0.2, 0.25) is 0 Å². The molecule has 2 nitrogen and oxygen atoms in total. The Morgan fingerprint density at radius 1 is 1.00 bits per heavy atom. The Bertz CT molecular complexity index is 697. The van der Waals surface area contributed by atoms with Gasteiger partial charge in [0.25, 0.3) is 0 Å². The summed E-state index contributed by atoms with van der Waals surface area (Å²) in [6, 6.07) is 16.2. The van der Waals surface area contributed by atoms with Gasteiger partial charge in [-0.05, 0) is 36.8 Å². The molecule has 1 heterocycles. The summed E-state index contributed by atoms with van der Waals surface area (Å²) in [4.78, 5) is 0. The average molecular weight is 236 g/mol. The van der Waals surface area contributed by atoms with Gasteiger partial charge in [0.05, 0.1) is 18.3 Å². The molecule has 0 aliphatic carbocycles. The first-order valence-electron chi connectivity index (χ1n) is 5.86. The van der Waals surface area contributed by atoms with Crippen molar-refractivity contribution in [3.05, 3.63) is 67.2 Å². The molecule has 0 unspecified atom stereocenters. The van der Waals surface area contributed by atoms with E-state index >= 15 is 0 Å². The lowest BCUT2D eigenvalue weighted by molar-refractivity contribution is 0.413. The van der Waals surface area contributed by atoms with Gasteiger partial charge in [0.2, 0.25) is 0 Å². The summed E-state index contributed by atoms with van der Waals surface area (Å²) >= 11 is 0. The van der Waals surface area contributed by atoms with Crippen molar-refractivity contribution in [2.45, 2.75) is 0 Å². The fourth-order valence-electron chi connectivity index (χ4n) is 2.27. The molecule has 0 spiro atoms. The van der Waals surface area contributed by atoms with Crippen LogP contribution < -0.4 is 4.74 Å². The zero-order valence-corrected chi connectivity index (χ0v) is 10.3. The number of hydrogen-bond donors (Lipinski definition) is 0. The highest BCUT2D eigenvalue weighted by Crippen LogP contribution is 2.28. The Balaban J connectivity index is 2.29. The van der Waals surface area contributed by atoms with Crippen LogP contribution in [-0.2, 0) is 0 Å². The van der Waals surface area contributed by atoms with E-state index in [1.807, 2.05) is 36.4 Å². The van der Waals surface area contributed by atoms with Crippen molar-refractivity contribution in [1.29, 1.82) is 0 Å². The molecule has 2 aromatic carbocycles. The summed E-state index contributed by atoms with van der Waals surface area (Å²) in [5.41, 5.74) is 3.23. The van der Waals surface area contributed by atoms with E-state index in [1.54, 1.807) is 7.11 Å². The van der Waals surface area contributed by atoms with Crippen molar-refractivity contribution in [1.82, 2.24) is 4.57 Å². The molecule has 3 rings (SSSR count). The van der Waals surface area contributed by atoms with Gasteiger partial charge in [0.1, 0.15) is 5.75 Å². The summed E-state index contributed by atoms with van der Waals surface area (Å²) < 4.78 is 7.54. The maximum absolute atomic E-state index is 5.41. The van der Waals surface area contributed by atoms with Crippen molar-refractivity contribution in [2.75, 3.05) is 7.11 Å². The maximum atomic E-state index is 5.41. The second-order valence-electron chi connectivity index (χ2n) is 4.21. The first-order valence-corrected chi connectivity index (χ1v) is 5.86. The van der Waals surface area contributed by atoms with Crippen LogP contribution in [0.1, 0.15) is 5.56 Å². The van der Waals surface area contributed by atoms with E-state index in [0.29, 0.717) is 0 Å². The topological polar surface area (TPSA) is 14.2 Å². The number of rotatable bonds is 2. The smallest absolute Gasteiger partial charge is 0.142 e. The minimum atomic E-state index is 0.865. The van der Waals surface area contributed by atoms with E-state index in [4.69, 9.17) is 4.74 Å². The molecule has 2 heteroatoms. The lowest BCUT2D eigenvalue weighted by Crippen LogP contribution is -1.96. The summed E-state index contributed by atoms with van der Waals surface area (Å²) in [6.07, 6.45) is 2.05. The normalized spacial score (nSPS) is 10.8. The number of aromatic nitrogens is 1. The minimum Gasteiger partial charge on any atom is -0.495 e. The number of methoxy groups -OCH3 is 1. The average Bonchev–Trinajstić information content (AvgIpc) is 2.84. The Labute approximate surface area is 106 Å². The van der Waals surface area contributed by atoms with E-state index in [0.717, 1.165) is 22.5 Å². The molecule has 0 aliphatic rings. The van der Waals surface area contributed by atoms with Crippen LogP contribution in [0.25, 0.3) is 16.6 Å². The van der Waals surface area contributed by atoms with Gasteiger partial charge in [0.15, 0.2) is 0 Å². The minimum absolute atomic E-state index is 0.865. The van der Waals surface area contributed by atoms with E-state index in [2.05, 4.69) is 29.8 Å². The molecule has 89 valence electrons. The van der Waals surface area contributed by atoms with Crippen molar-refractivity contribution in [3.8, 4) is 11.4 Å². The first-order chi connectivity index (χ1) is 8.81. The van der Waals surface area contributed by atoms with Gasteiger partial charge < -0.3 is 9.30 Å².